The van der Waals surface area contributed by atoms with Gasteiger partial charge in [0, 0.05) is 55.7 Å². The maximum atomic E-state index is 4.64. The summed E-state index contributed by atoms with van der Waals surface area (Å²) >= 11 is 1.81. The smallest absolute Gasteiger partial charge is 0.191 e. The van der Waals surface area contributed by atoms with Crippen LogP contribution in [-0.4, -0.2) is 56.1 Å². The van der Waals surface area contributed by atoms with Gasteiger partial charge in [-0.1, -0.05) is 6.07 Å². The van der Waals surface area contributed by atoms with E-state index in [1.807, 2.05) is 6.20 Å². The third-order valence-electron chi connectivity index (χ3n) is 4.55. The first kappa shape index (κ1) is 18.7. The molecule has 7 heteroatoms. The first-order chi connectivity index (χ1) is 12.6. The molecular weight excluding hydrogens is 344 g/mol. The molecule has 1 aliphatic rings. The highest BCUT2D eigenvalue weighted by Crippen LogP contribution is 2.15. The van der Waals surface area contributed by atoms with Crippen molar-refractivity contribution >= 4 is 23.1 Å². The molecule has 0 aromatic carbocycles. The molecule has 0 amide bonds. The Bertz CT molecular complexity index is 716. The van der Waals surface area contributed by atoms with Crippen molar-refractivity contribution in [1.82, 2.24) is 20.5 Å². The van der Waals surface area contributed by atoms with Crippen molar-refractivity contribution in [3.05, 3.63) is 45.8 Å². The summed E-state index contributed by atoms with van der Waals surface area (Å²) in [6.45, 7) is 7.89. The topological polar surface area (TPSA) is 55.8 Å². The molecule has 0 atom stereocenters. The summed E-state index contributed by atoms with van der Waals surface area (Å²) in [5.41, 5.74) is 1.15. The number of nitrogens with one attached hydrogen (secondary N) is 2. The van der Waals surface area contributed by atoms with Gasteiger partial charge in [0.15, 0.2) is 5.96 Å². The molecule has 1 saturated heterocycles. The fraction of sp³-hybridized carbons (Fsp3) is 0.474. The van der Waals surface area contributed by atoms with Gasteiger partial charge in [-0.15, -0.1) is 11.3 Å². The van der Waals surface area contributed by atoms with E-state index in [0.29, 0.717) is 6.54 Å². The molecule has 0 bridgehead atoms. The van der Waals surface area contributed by atoms with Crippen molar-refractivity contribution in [3.8, 4) is 0 Å². The van der Waals surface area contributed by atoms with Crippen molar-refractivity contribution in [3.63, 3.8) is 0 Å². The van der Waals surface area contributed by atoms with Gasteiger partial charge in [0.2, 0.25) is 0 Å². The van der Waals surface area contributed by atoms with Crippen LogP contribution >= 0.6 is 11.3 Å². The van der Waals surface area contributed by atoms with Crippen LogP contribution in [0.4, 0.5) is 5.82 Å². The van der Waals surface area contributed by atoms with Crippen LogP contribution in [0.1, 0.15) is 15.3 Å². The van der Waals surface area contributed by atoms with Crippen molar-refractivity contribution in [2.45, 2.75) is 20.0 Å². The van der Waals surface area contributed by atoms with E-state index in [2.05, 4.69) is 68.6 Å². The fourth-order valence-electron chi connectivity index (χ4n) is 2.90. The van der Waals surface area contributed by atoms with E-state index in [1.165, 1.54) is 9.75 Å². The van der Waals surface area contributed by atoms with Crippen molar-refractivity contribution in [2.24, 2.45) is 4.99 Å². The summed E-state index contributed by atoms with van der Waals surface area (Å²) in [6, 6.07) is 8.56. The number of aromatic nitrogens is 1. The lowest BCUT2D eigenvalue weighted by molar-refractivity contribution is 0.312. The molecule has 3 rings (SSSR count). The Morgan fingerprint density at radius 1 is 1.12 bits per heavy atom. The Labute approximate surface area is 160 Å². The molecule has 0 saturated carbocycles. The standard InChI is InChI=1S/C19H28N6S/c1-15-4-6-17(26-15)14-23-19(20-2)22-13-16-5-7-18(21-12-16)25-10-8-24(3)9-11-25/h4-7,12H,8-11,13-14H2,1-3H3,(H2,20,22,23). The van der Waals surface area contributed by atoms with Gasteiger partial charge in [-0.2, -0.15) is 0 Å². The number of pyridine rings is 1. The number of likely N-dealkylation sites (N-methyl/N-ethyl adjacent to an activating group) is 1. The van der Waals surface area contributed by atoms with Crippen LogP contribution in [0.3, 0.4) is 0 Å². The van der Waals surface area contributed by atoms with Crippen LogP contribution in [0.25, 0.3) is 0 Å². The molecule has 0 spiro atoms. The Morgan fingerprint density at radius 2 is 1.88 bits per heavy atom. The van der Waals surface area contributed by atoms with Gasteiger partial charge in [-0.25, -0.2) is 4.98 Å². The second-order valence-electron chi connectivity index (χ2n) is 6.61. The largest absolute Gasteiger partial charge is 0.354 e. The van der Waals surface area contributed by atoms with E-state index in [4.69, 9.17) is 0 Å². The molecule has 2 aromatic rings. The number of nitrogens with zero attached hydrogens (tertiary/aromatic N) is 4. The highest BCUT2D eigenvalue weighted by Gasteiger charge is 2.14. The number of aryl methyl sites for hydroxylation is 1. The van der Waals surface area contributed by atoms with E-state index in [1.54, 1.807) is 18.4 Å². The number of rotatable bonds is 5. The molecule has 0 unspecified atom stereocenters. The van der Waals surface area contributed by atoms with Crippen LogP contribution in [0.15, 0.2) is 35.5 Å². The minimum atomic E-state index is 0.707. The Balaban J connectivity index is 1.47. The molecular formula is C19H28N6S. The van der Waals surface area contributed by atoms with E-state index in [9.17, 15) is 0 Å². The normalized spacial score (nSPS) is 16.0. The van der Waals surface area contributed by atoms with E-state index < -0.39 is 0 Å². The van der Waals surface area contributed by atoms with Crippen LogP contribution in [-0.2, 0) is 13.1 Å². The zero-order valence-electron chi connectivity index (χ0n) is 15.8. The lowest BCUT2D eigenvalue weighted by Crippen LogP contribution is -2.44. The quantitative estimate of drug-likeness (QED) is 0.622. The number of anilines is 1. The number of thiophene rings is 1. The molecule has 140 valence electrons. The van der Waals surface area contributed by atoms with Crippen LogP contribution < -0.4 is 15.5 Å². The highest BCUT2D eigenvalue weighted by molar-refractivity contribution is 7.11. The fourth-order valence-corrected chi connectivity index (χ4v) is 3.73. The molecule has 1 aliphatic heterocycles. The molecule has 0 radical (unpaired) electrons. The van der Waals surface area contributed by atoms with E-state index in [0.717, 1.165) is 50.1 Å². The third-order valence-corrected chi connectivity index (χ3v) is 5.55. The maximum Gasteiger partial charge on any atom is 0.191 e. The predicted octanol–water partition coefficient (Wildman–Crippen LogP) is 2.07. The summed E-state index contributed by atoms with van der Waals surface area (Å²) < 4.78 is 0. The van der Waals surface area contributed by atoms with Gasteiger partial charge in [0.05, 0.1) is 6.54 Å². The highest BCUT2D eigenvalue weighted by atomic mass is 32.1. The zero-order valence-corrected chi connectivity index (χ0v) is 16.6. The lowest BCUT2D eigenvalue weighted by atomic mass is 10.2. The molecule has 3 heterocycles. The number of hydrogen-bond acceptors (Lipinski definition) is 5. The molecule has 2 aromatic heterocycles. The summed E-state index contributed by atoms with van der Waals surface area (Å²) in [5, 5.41) is 6.70. The van der Waals surface area contributed by atoms with Gasteiger partial charge < -0.3 is 20.4 Å². The molecule has 26 heavy (non-hydrogen) atoms. The van der Waals surface area contributed by atoms with Crippen LogP contribution in [0.5, 0.6) is 0 Å². The van der Waals surface area contributed by atoms with Gasteiger partial charge in [-0.3, -0.25) is 4.99 Å². The first-order valence-corrected chi connectivity index (χ1v) is 9.84. The summed E-state index contributed by atoms with van der Waals surface area (Å²) in [6.07, 6.45) is 1.95. The number of aliphatic imine (C=N–C) groups is 1. The molecule has 2 N–H and O–H groups in total. The summed E-state index contributed by atoms with van der Waals surface area (Å²) in [5.74, 6) is 1.87. The lowest BCUT2D eigenvalue weighted by Gasteiger charge is -2.33. The van der Waals surface area contributed by atoms with Crippen LogP contribution in [0.2, 0.25) is 0 Å². The molecule has 1 fully saturated rings. The average molecular weight is 373 g/mol. The van der Waals surface area contributed by atoms with Gasteiger partial charge in [0.1, 0.15) is 5.82 Å². The van der Waals surface area contributed by atoms with E-state index in [-0.39, 0.29) is 0 Å². The predicted molar refractivity (Wildman–Crippen MR) is 110 cm³/mol. The third kappa shape index (κ3) is 5.19. The van der Waals surface area contributed by atoms with Crippen LogP contribution in [0, 0.1) is 6.92 Å². The molecule has 0 aliphatic carbocycles. The average Bonchev–Trinajstić information content (AvgIpc) is 3.08. The van der Waals surface area contributed by atoms with Gasteiger partial charge in [0.25, 0.3) is 0 Å². The van der Waals surface area contributed by atoms with E-state index >= 15 is 0 Å². The number of piperazine rings is 1. The number of guanidine groups is 1. The van der Waals surface area contributed by atoms with Crippen molar-refractivity contribution in [1.29, 1.82) is 0 Å². The monoisotopic (exact) mass is 372 g/mol. The second kappa shape index (κ2) is 9.00. The Hall–Kier alpha value is -2.12. The second-order valence-corrected chi connectivity index (χ2v) is 7.98. The zero-order chi connectivity index (χ0) is 18.4. The minimum Gasteiger partial charge on any atom is -0.354 e. The Kier molecular flexibility index (Phi) is 6.46. The molecule has 6 nitrogen and oxygen atoms in total. The number of hydrogen-bond donors (Lipinski definition) is 2. The Morgan fingerprint density at radius 3 is 2.50 bits per heavy atom. The first-order valence-electron chi connectivity index (χ1n) is 9.02. The van der Waals surface area contributed by atoms with Gasteiger partial charge in [-0.05, 0) is 37.7 Å². The van der Waals surface area contributed by atoms with Crippen molar-refractivity contribution in [2.75, 3.05) is 45.2 Å². The maximum absolute atomic E-state index is 4.64. The van der Waals surface area contributed by atoms with Crippen molar-refractivity contribution < 1.29 is 0 Å². The minimum absolute atomic E-state index is 0.707. The summed E-state index contributed by atoms with van der Waals surface area (Å²) in [4.78, 5) is 16.3. The summed E-state index contributed by atoms with van der Waals surface area (Å²) in [7, 11) is 3.96. The van der Waals surface area contributed by atoms with Gasteiger partial charge >= 0.3 is 0 Å². The SMILES string of the molecule is CN=C(NCc1ccc(N2CCN(C)CC2)nc1)NCc1ccc(C)s1.